The van der Waals surface area contributed by atoms with Gasteiger partial charge in [0.05, 0.1) is 43.6 Å². The molecule has 0 bridgehead atoms. The zero-order valence-electron chi connectivity index (χ0n) is 21.7. The molecule has 3 heterocycles. The molecular weight excluding hydrogens is 562 g/mol. The molecule has 5 rings (SSSR count). The van der Waals surface area contributed by atoms with Crippen molar-refractivity contribution in [1.82, 2.24) is 19.8 Å². The number of thiazole rings is 2. The fourth-order valence-electron chi connectivity index (χ4n) is 3.89. The molecule has 15 nitrogen and oxygen atoms in total. The highest BCUT2D eigenvalue weighted by molar-refractivity contribution is 7.22. The fraction of sp³-hybridized carbons (Fsp3) is 0.304. The van der Waals surface area contributed by atoms with E-state index < -0.39 is 15.9 Å². The topological polar surface area (TPSA) is 185 Å². The molecule has 210 valence electrons. The SMILES string of the molecule is CCN(C(N)=O)c1nc2ccc([N+](=O)[O-])cc2s1.CCN1CN(C)CN(c2nc3ccc([N+](=O)[O-])cc3s2)C1=O. The number of anilines is 2. The van der Waals surface area contributed by atoms with Gasteiger partial charge in [-0.15, -0.1) is 0 Å². The Morgan fingerprint density at radius 3 is 2.10 bits per heavy atom. The summed E-state index contributed by atoms with van der Waals surface area (Å²) in [5.74, 6) is 0. The van der Waals surface area contributed by atoms with Crippen molar-refractivity contribution < 1.29 is 19.4 Å². The van der Waals surface area contributed by atoms with Gasteiger partial charge in [-0.25, -0.2) is 19.6 Å². The van der Waals surface area contributed by atoms with Crippen LogP contribution in [0.3, 0.4) is 0 Å². The molecule has 1 aliphatic heterocycles. The monoisotopic (exact) mass is 587 g/mol. The summed E-state index contributed by atoms with van der Waals surface area (Å²) in [5.41, 5.74) is 6.53. The number of aromatic nitrogens is 2. The number of nitro groups is 2. The number of nitro benzene ring substituents is 2. The predicted octanol–water partition coefficient (Wildman–Crippen LogP) is 4.42. The van der Waals surface area contributed by atoms with Crippen LogP contribution in [-0.2, 0) is 0 Å². The fourth-order valence-corrected chi connectivity index (χ4v) is 5.95. The van der Waals surface area contributed by atoms with Crippen LogP contribution in [0.15, 0.2) is 36.4 Å². The van der Waals surface area contributed by atoms with Gasteiger partial charge in [0, 0.05) is 37.4 Å². The second-order valence-corrected chi connectivity index (χ2v) is 10.6. The Balaban J connectivity index is 0.000000189. The summed E-state index contributed by atoms with van der Waals surface area (Å²) in [6.45, 7) is 5.77. The number of fused-ring (bicyclic) bond motifs is 2. The molecule has 4 aromatic rings. The predicted molar refractivity (Wildman–Crippen MR) is 153 cm³/mol. The second-order valence-electron chi connectivity index (χ2n) is 8.60. The lowest BCUT2D eigenvalue weighted by atomic mass is 10.3. The number of amides is 4. The summed E-state index contributed by atoms with van der Waals surface area (Å²) in [5, 5.41) is 22.5. The van der Waals surface area contributed by atoms with Gasteiger partial charge < -0.3 is 10.6 Å². The molecule has 1 aliphatic rings. The minimum absolute atomic E-state index is 0.000163. The Kier molecular flexibility index (Phi) is 8.36. The molecule has 0 spiro atoms. The summed E-state index contributed by atoms with van der Waals surface area (Å²) < 4.78 is 1.35. The summed E-state index contributed by atoms with van der Waals surface area (Å²) >= 11 is 2.49. The van der Waals surface area contributed by atoms with Crippen molar-refractivity contribution in [1.29, 1.82) is 0 Å². The van der Waals surface area contributed by atoms with Crippen LogP contribution in [0.25, 0.3) is 20.4 Å². The number of carbonyl (C=O) groups excluding carboxylic acids is 2. The van der Waals surface area contributed by atoms with Crippen LogP contribution in [0.2, 0.25) is 0 Å². The molecule has 1 fully saturated rings. The van der Waals surface area contributed by atoms with Crippen LogP contribution in [0.4, 0.5) is 31.2 Å². The van der Waals surface area contributed by atoms with Gasteiger partial charge in [0.15, 0.2) is 10.3 Å². The van der Waals surface area contributed by atoms with Gasteiger partial charge in [-0.2, -0.15) is 0 Å². The summed E-state index contributed by atoms with van der Waals surface area (Å²) in [6.07, 6.45) is 0. The highest BCUT2D eigenvalue weighted by atomic mass is 32.1. The van der Waals surface area contributed by atoms with E-state index in [1.807, 2.05) is 18.9 Å². The highest BCUT2D eigenvalue weighted by Gasteiger charge is 2.30. The number of nitrogens with two attached hydrogens (primary N) is 1. The van der Waals surface area contributed by atoms with Crippen LogP contribution in [0, 0.1) is 20.2 Å². The van der Waals surface area contributed by atoms with E-state index in [0.717, 1.165) is 0 Å². The van der Waals surface area contributed by atoms with E-state index in [-0.39, 0.29) is 17.4 Å². The molecule has 0 aliphatic carbocycles. The van der Waals surface area contributed by atoms with E-state index in [9.17, 15) is 29.8 Å². The minimum Gasteiger partial charge on any atom is -0.351 e. The number of carbonyl (C=O) groups is 2. The van der Waals surface area contributed by atoms with Crippen molar-refractivity contribution in [3.8, 4) is 0 Å². The lowest BCUT2D eigenvalue weighted by molar-refractivity contribution is -0.384. The third-order valence-electron chi connectivity index (χ3n) is 5.87. The van der Waals surface area contributed by atoms with Gasteiger partial charge in [0.2, 0.25) is 0 Å². The largest absolute Gasteiger partial charge is 0.351 e. The average molecular weight is 588 g/mol. The Labute approximate surface area is 235 Å². The number of benzene rings is 2. The van der Waals surface area contributed by atoms with Crippen LogP contribution < -0.4 is 15.5 Å². The number of non-ortho nitro benzene ring substituents is 2. The number of nitrogens with zero attached hydrogens (tertiary/aromatic N) is 8. The maximum atomic E-state index is 12.4. The molecule has 2 aromatic heterocycles. The molecule has 2 aromatic carbocycles. The normalized spacial score (nSPS) is 13.8. The van der Waals surface area contributed by atoms with E-state index in [2.05, 4.69) is 9.97 Å². The third-order valence-corrected chi connectivity index (χ3v) is 7.95. The first-order chi connectivity index (χ1) is 19.0. The van der Waals surface area contributed by atoms with Crippen molar-refractivity contribution in [2.24, 2.45) is 5.73 Å². The molecule has 0 saturated carbocycles. The van der Waals surface area contributed by atoms with Crippen molar-refractivity contribution >= 4 is 76.8 Å². The standard InChI is InChI=1S/C13H15N5O3S.C10H10N4O3S/c1-3-16-7-15(2)8-17(13(16)19)12-14-10-5-4-9(18(20)21)6-11(10)22-12;1-2-13(9(11)15)10-12-7-4-3-6(14(16)17)5-8(7)18-10/h4-6H,3,7-8H2,1-2H3;3-5H,2H2,1H3,(H2,11,15). The molecule has 0 atom stereocenters. The first-order valence-electron chi connectivity index (χ1n) is 11.9. The van der Waals surface area contributed by atoms with Gasteiger partial charge in [-0.1, -0.05) is 22.7 Å². The van der Waals surface area contributed by atoms with E-state index in [1.165, 1.54) is 51.8 Å². The number of rotatable bonds is 6. The molecule has 1 saturated heterocycles. The number of urea groups is 2. The summed E-state index contributed by atoms with van der Waals surface area (Å²) in [6, 6.07) is 8.23. The molecule has 2 N–H and O–H groups in total. The van der Waals surface area contributed by atoms with Gasteiger partial charge in [-0.05, 0) is 33.0 Å². The first-order valence-corrected chi connectivity index (χ1v) is 13.6. The van der Waals surface area contributed by atoms with Crippen molar-refractivity contribution in [2.45, 2.75) is 13.8 Å². The van der Waals surface area contributed by atoms with E-state index in [4.69, 9.17) is 5.73 Å². The lowest BCUT2D eigenvalue weighted by Crippen LogP contribution is -2.56. The first kappa shape index (κ1) is 28.5. The molecule has 0 radical (unpaired) electrons. The third kappa shape index (κ3) is 5.90. The van der Waals surface area contributed by atoms with Gasteiger partial charge >= 0.3 is 12.1 Å². The summed E-state index contributed by atoms with van der Waals surface area (Å²) in [4.78, 5) is 59.5. The molecule has 40 heavy (non-hydrogen) atoms. The van der Waals surface area contributed by atoms with Crippen LogP contribution in [0.1, 0.15) is 13.8 Å². The van der Waals surface area contributed by atoms with E-state index in [1.54, 1.807) is 28.9 Å². The lowest BCUT2D eigenvalue weighted by Gasteiger charge is -2.38. The van der Waals surface area contributed by atoms with E-state index in [0.29, 0.717) is 57.1 Å². The maximum absolute atomic E-state index is 12.4. The second kappa shape index (κ2) is 11.7. The van der Waals surface area contributed by atoms with Crippen molar-refractivity contribution in [2.75, 3.05) is 43.3 Å². The number of hydrogen-bond donors (Lipinski definition) is 1. The van der Waals surface area contributed by atoms with Crippen LogP contribution in [-0.4, -0.2) is 75.2 Å². The zero-order chi connectivity index (χ0) is 29.1. The highest BCUT2D eigenvalue weighted by Crippen LogP contribution is 2.33. The summed E-state index contributed by atoms with van der Waals surface area (Å²) in [7, 11) is 1.93. The number of primary amides is 1. The maximum Gasteiger partial charge on any atom is 0.328 e. The molecule has 4 amide bonds. The van der Waals surface area contributed by atoms with Crippen LogP contribution >= 0.6 is 22.7 Å². The Bertz CT molecular complexity index is 1610. The minimum atomic E-state index is -0.592. The molecular formula is C23H25N9O6S2. The zero-order valence-corrected chi connectivity index (χ0v) is 23.3. The Morgan fingerprint density at radius 2 is 1.57 bits per heavy atom. The molecule has 17 heteroatoms. The van der Waals surface area contributed by atoms with Gasteiger partial charge in [0.25, 0.3) is 11.4 Å². The average Bonchev–Trinajstić information content (AvgIpc) is 3.53. The van der Waals surface area contributed by atoms with Crippen LogP contribution in [0.5, 0.6) is 0 Å². The molecule has 0 unspecified atom stereocenters. The van der Waals surface area contributed by atoms with E-state index >= 15 is 0 Å². The van der Waals surface area contributed by atoms with Crippen molar-refractivity contribution in [3.63, 3.8) is 0 Å². The quantitative estimate of drug-likeness (QED) is 0.252. The smallest absolute Gasteiger partial charge is 0.328 e. The van der Waals surface area contributed by atoms with Gasteiger partial charge in [-0.3, -0.25) is 34.9 Å². The Morgan fingerprint density at radius 1 is 1.00 bits per heavy atom. The number of hydrogen-bond acceptors (Lipinski definition) is 11. The van der Waals surface area contributed by atoms with Gasteiger partial charge in [0.1, 0.15) is 0 Å². The Hall–Kier alpha value is -4.48. The van der Waals surface area contributed by atoms with Crippen molar-refractivity contribution in [3.05, 3.63) is 56.6 Å².